The molecule has 5 heteroatoms. The molecule has 14 rings (SSSR count). The van der Waals surface area contributed by atoms with E-state index in [2.05, 4.69) is 216 Å². The van der Waals surface area contributed by atoms with E-state index in [4.69, 9.17) is 0 Å². The van der Waals surface area contributed by atoms with Crippen molar-refractivity contribution in [1.82, 2.24) is 4.90 Å². The maximum atomic E-state index is 3.05. The molecular weight excluding hydrogens is 818 g/mol. The summed E-state index contributed by atoms with van der Waals surface area (Å²) in [5, 5.41) is 2.67. The molecule has 8 aliphatic rings. The number of para-hydroxylation sites is 2. The van der Waals surface area contributed by atoms with Crippen molar-refractivity contribution < 1.29 is 0 Å². The molecule has 5 unspecified atom stereocenters. The Bertz CT molecular complexity index is 3390. The predicted octanol–water partition coefficient (Wildman–Crippen LogP) is 15.3. The number of benzene rings is 5. The molecule has 66 heavy (non-hydrogen) atoms. The Balaban J connectivity index is 1.09. The first-order valence-electron chi connectivity index (χ1n) is 24.5. The Morgan fingerprint density at radius 2 is 1.53 bits per heavy atom. The van der Waals surface area contributed by atoms with Crippen LogP contribution in [0.3, 0.4) is 0 Å². The monoisotopic (exact) mass is 873 g/mol. The third-order valence-corrected chi connectivity index (χ3v) is 18.3. The van der Waals surface area contributed by atoms with E-state index in [0.29, 0.717) is 23.7 Å². The van der Waals surface area contributed by atoms with Gasteiger partial charge < -0.3 is 14.7 Å². The van der Waals surface area contributed by atoms with Crippen LogP contribution < -0.4 is 15.3 Å². The van der Waals surface area contributed by atoms with E-state index in [0.717, 1.165) is 12.8 Å². The van der Waals surface area contributed by atoms with Gasteiger partial charge in [-0.2, -0.15) is 0 Å². The summed E-state index contributed by atoms with van der Waals surface area (Å²) in [6.07, 6.45) is 17.5. The zero-order chi connectivity index (χ0) is 44.8. The summed E-state index contributed by atoms with van der Waals surface area (Å²) in [5.74, 6) is 1.74. The standard InChI is InChI=1S/C61H56BN3S/c1-35-30-50-56-51(31-35)65-57-42-21-11-13-23-43(42)60(7,8)55(57)54-44-32-38(59(4,5)6)33-53(61(44,54)65)62(56)45-29-28-39(63(46-24-14-9-18-36(46)2)47-25-15-10-19-37(47)3)34-49(45)64(50)48-26-17-22-41-40-20-12-16-27-52(40)66-58(41)48/h9-20,22-30,32-35,42,44,54H,21,31H2,1-8H3. The summed E-state index contributed by atoms with van der Waals surface area (Å²) in [4.78, 5) is 8.30. The van der Waals surface area contributed by atoms with Gasteiger partial charge in [-0.1, -0.05) is 162 Å². The van der Waals surface area contributed by atoms with Gasteiger partial charge in [0.25, 0.3) is 0 Å². The summed E-state index contributed by atoms with van der Waals surface area (Å²) in [5.41, 5.74) is 22.7. The fraction of sp³-hybridized carbons (Fsp3) is 0.279. The second kappa shape index (κ2) is 13.1. The molecule has 3 nitrogen and oxygen atoms in total. The fourth-order valence-electron chi connectivity index (χ4n) is 14.3. The Labute approximate surface area is 394 Å². The molecule has 0 radical (unpaired) electrons. The molecule has 1 fully saturated rings. The SMILES string of the molecule is Cc1ccccc1N(c1ccc2c(c1)N(c1cccc3c1sc1ccccc13)C1=CC(C)CC3=C1B2C1=CC(C(C)(C)C)=CC2C4C5=C(C6CC=CC=C6C5(C)C)N3C124)c1ccccc1C. The van der Waals surface area contributed by atoms with E-state index in [1.807, 2.05) is 11.3 Å². The molecule has 1 aromatic heterocycles. The number of hydrogen-bond donors (Lipinski definition) is 0. The van der Waals surface area contributed by atoms with Crippen LogP contribution in [0.15, 0.2) is 190 Å². The van der Waals surface area contributed by atoms with E-state index >= 15 is 0 Å². The van der Waals surface area contributed by atoms with Crippen molar-refractivity contribution in [1.29, 1.82) is 0 Å². The average Bonchev–Trinajstić information content (AvgIpc) is 3.51. The fourth-order valence-corrected chi connectivity index (χ4v) is 15.5. The lowest BCUT2D eigenvalue weighted by Gasteiger charge is -2.54. The minimum Gasteiger partial charge on any atom is -0.338 e. The van der Waals surface area contributed by atoms with Crippen molar-refractivity contribution in [2.45, 2.75) is 73.8 Å². The summed E-state index contributed by atoms with van der Waals surface area (Å²) < 4.78 is 2.69. The first-order chi connectivity index (χ1) is 31.9. The number of aryl methyl sites for hydroxylation is 2. The summed E-state index contributed by atoms with van der Waals surface area (Å²) in [7, 11) is 0. The lowest BCUT2D eigenvalue weighted by atomic mass is 9.29. The van der Waals surface area contributed by atoms with Crippen molar-refractivity contribution >= 4 is 72.1 Å². The van der Waals surface area contributed by atoms with Crippen LogP contribution in [-0.2, 0) is 0 Å². The van der Waals surface area contributed by atoms with Crippen LogP contribution in [0.2, 0.25) is 0 Å². The predicted molar refractivity (Wildman–Crippen MR) is 280 cm³/mol. The first-order valence-corrected chi connectivity index (χ1v) is 25.3. The van der Waals surface area contributed by atoms with Gasteiger partial charge in [0.05, 0.1) is 15.9 Å². The highest BCUT2D eigenvalue weighted by Gasteiger charge is 2.81. The number of anilines is 5. The van der Waals surface area contributed by atoms with E-state index in [1.54, 1.807) is 28.0 Å². The molecule has 1 spiro atoms. The van der Waals surface area contributed by atoms with Gasteiger partial charge in [-0.05, 0) is 108 Å². The summed E-state index contributed by atoms with van der Waals surface area (Å²) in [6, 6.07) is 41.4. The average molecular weight is 874 g/mol. The van der Waals surface area contributed by atoms with Gasteiger partial charge >= 0.3 is 0 Å². The van der Waals surface area contributed by atoms with Gasteiger partial charge in [-0.15, -0.1) is 11.3 Å². The topological polar surface area (TPSA) is 9.72 Å². The normalized spacial score (nSPS) is 26.0. The molecule has 1 saturated carbocycles. The van der Waals surface area contributed by atoms with Crippen LogP contribution in [0, 0.1) is 48.3 Å². The molecule has 0 N–H and O–H groups in total. The zero-order valence-corrected chi connectivity index (χ0v) is 40.2. The number of fused-ring (bicyclic) bond motifs is 12. The van der Waals surface area contributed by atoms with Gasteiger partial charge in [-0.25, -0.2) is 0 Å². The van der Waals surface area contributed by atoms with Crippen LogP contribution in [0.4, 0.5) is 28.4 Å². The Morgan fingerprint density at radius 3 is 2.29 bits per heavy atom. The first kappa shape index (κ1) is 39.2. The highest BCUT2D eigenvalue weighted by atomic mass is 32.1. The van der Waals surface area contributed by atoms with E-state index in [9.17, 15) is 0 Å². The van der Waals surface area contributed by atoms with Gasteiger partial charge in [0.2, 0.25) is 6.71 Å². The quantitative estimate of drug-likeness (QED) is 0.163. The minimum atomic E-state index is -0.0625. The molecule has 5 aliphatic carbocycles. The van der Waals surface area contributed by atoms with Crippen molar-refractivity contribution in [2.75, 3.05) is 9.80 Å². The Morgan fingerprint density at radius 1 is 0.803 bits per heavy atom. The van der Waals surface area contributed by atoms with Gasteiger partial charge in [0, 0.05) is 78.5 Å². The Kier molecular flexibility index (Phi) is 7.77. The molecule has 3 aliphatic heterocycles. The highest BCUT2D eigenvalue weighted by Crippen LogP contribution is 2.80. The Hall–Kier alpha value is -6.04. The molecule has 6 aromatic rings. The highest BCUT2D eigenvalue weighted by molar-refractivity contribution is 7.26. The van der Waals surface area contributed by atoms with Crippen molar-refractivity contribution in [3.05, 3.63) is 202 Å². The third kappa shape index (κ3) is 4.85. The second-order valence-electron chi connectivity index (χ2n) is 22.2. The van der Waals surface area contributed by atoms with Crippen LogP contribution in [0.1, 0.15) is 65.5 Å². The summed E-state index contributed by atoms with van der Waals surface area (Å²) in [6.45, 7) is 19.5. The second-order valence-corrected chi connectivity index (χ2v) is 23.2. The number of hydrogen-bond acceptors (Lipinski definition) is 4. The van der Waals surface area contributed by atoms with Crippen LogP contribution in [0.25, 0.3) is 20.2 Å². The molecule has 4 heterocycles. The molecule has 0 saturated heterocycles. The van der Waals surface area contributed by atoms with Gasteiger partial charge in [-0.3, -0.25) is 0 Å². The number of nitrogens with zero attached hydrogens (tertiary/aromatic N) is 3. The van der Waals surface area contributed by atoms with Crippen LogP contribution in [0.5, 0.6) is 0 Å². The van der Waals surface area contributed by atoms with Gasteiger partial charge in [0.1, 0.15) is 0 Å². The molecule has 324 valence electrons. The minimum absolute atomic E-state index is 0.0132. The number of rotatable bonds is 4. The van der Waals surface area contributed by atoms with Gasteiger partial charge in [0.15, 0.2) is 0 Å². The molecular formula is C61H56BN3S. The smallest absolute Gasteiger partial charge is 0.247 e. The molecule has 5 aromatic carbocycles. The maximum absolute atomic E-state index is 3.05. The van der Waals surface area contributed by atoms with E-state index in [-0.39, 0.29) is 23.1 Å². The molecule has 5 atom stereocenters. The molecule has 0 amide bonds. The maximum Gasteiger partial charge on any atom is 0.247 e. The van der Waals surface area contributed by atoms with Crippen molar-refractivity contribution in [2.24, 2.45) is 34.5 Å². The summed E-state index contributed by atoms with van der Waals surface area (Å²) >= 11 is 1.95. The van der Waals surface area contributed by atoms with Crippen LogP contribution >= 0.6 is 11.3 Å². The van der Waals surface area contributed by atoms with Crippen LogP contribution in [-0.4, -0.2) is 17.2 Å². The zero-order valence-electron chi connectivity index (χ0n) is 39.4. The van der Waals surface area contributed by atoms with Crippen molar-refractivity contribution in [3.8, 4) is 0 Å². The molecule has 0 bridgehead atoms. The van der Waals surface area contributed by atoms with Crippen molar-refractivity contribution in [3.63, 3.8) is 0 Å². The lowest BCUT2D eigenvalue weighted by molar-refractivity contribution is 0.279. The third-order valence-electron chi connectivity index (χ3n) is 17.1. The lowest BCUT2D eigenvalue weighted by Crippen LogP contribution is -2.59. The van der Waals surface area contributed by atoms with E-state index in [1.165, 1.54) is 81.9 Å². The largest absolute Gasteiger partial charge is 0.338 e. The van der Waals surface area contributed by atoms with E-state index < -0.39 is 0 Å². The number of thiophene rings is 1. The number of allylic oxidation sites excluding steroid dienone is 9.